The van der Waals surface area contributed by atoms with Gasteiger partial charge in [0.15, 0.2) is 5.69 Å². The molecule has 0 radical (unpaired) electrons. The molecule has 0 atom stereocenters. The minimum Gasteiger partial charge on any atom is -0.349 e. The normalized spacial score (nSPS) is 14.6. The summed E-state index contributed by atoms with van der Waals surface area (Å²) in [6, 6.07) is 7.40. The highest BCUT2D eigenvalue weighted by atomic mass is 35.5. The molecule has 0 bridgehead atoms. The highest BCUT2D eigenvalue weighted by Gasteiger charge is 2.20. The molecule has 0 saturated carbocycles. The summed E-state index contributed by atoms with van der Waals surface area (Å²) >= 11 is 6.09. The van der Waals surface area contributed by atoms with Gasteiger partial charge in [-0.05, 0) is 24.6 Å². The minimum absolute atomic E-state index is 0. The van der Waals surface area contributed by atoms with E-state index < -0.39 is 0 Å². The van der Waals surface area contributed by atoms with Crippen molar-refractivity contribution >= 4 is 29.9 Å². The summed E-state index contributed by atoms with van der Waals surface area (Å²) < 4.78 is 1.71. The van der Waals surface area contributed by atoms with Crippen molar-refractivity contribution in [2.75, 3.05) is 39.3 Å². The lowest BCUT2D eigenvalue weighted by molar-refractivity contribution is 0.0941. The van der Waals surface area contributed by atoms with Crippen molar-refractivity contribution in [1.29, 1.82) is 0 Å². The third-order valence-corrected chi connectivity index (χ3v) is 4.68. The van der Waals surface area contributed by atoms with E-state index in [1.54, 1.807) is 4.68 Å². The third kappa shape index (κ3) is 5.65. The van der Waals surface area contributed by atoms with Gasteiger partial charge in [-0.2, -0.15) is 0 Å². The Bertz CT molecular complexity index is 745. The zero-order valence-corrected chi connectivity index (χ0v) is 17.0. The molecule has 2 N–H and O–H groups in total. The number of carbonyl (C=O) groups is 1. The number of carbonyl (C=O) groups excluding carboxylic acids is 1. The Morgan fingerprint density at radius 2 is 2.11 bits per heavy atom. The van der Waals surface area contributed by atoms with Crippen LogP contribution in [0.4, 0.5) is 0 Å². The Kier molecular flexibility index (Phi) is 8.50. The van der Waals surface area contributed by atoms with Gasteiger partial charge in [0.25, 0.3) is 5.91 Å². The number of hydrogen-bond acceptors (Lipinski definition) is 5. The van der Waals surface area contributed by atoms with E-state index in [0.717, 1.165) is 56.9 Å². The maximum Gasteiger partial charge on any atom is 0.273 e. The van der Waals surface area contributed by atoms with E-state index in [1.807, 2.05) is 24.3 Å². The number of aromatic nitrogens is 3. The number of benzene rings is 1. The van der Waals surface area contributed by atoms with E-state index in [9.17, 15) is 4.79 Å². The van der Waals surface area contributed by atoms with Crippen LogP contribution in [0.15, 0.2) is 24.3 Å². The first kappa shape index (κ1) is 21.6. The van der Waals surface area contributed by atoms with Gasteiger partial charge in [-0.3, -0.25) is 9.69 Å². The molecule has 1 aromatic carbocycles. The van der Waals surface area contributed by atoms with Crippen molar-refractivity contribution in [3.05, 3.63) is 40.7 Å². The van der Waals surface area contributed by atoms with E-state index in [0.29, 0.717) is 17.3 Å². The Morgan fingerprint density at radius 1 is 1.33 bits per heavy atom. The molecule has 148 valence electrons. The Hall–Kier alpha value is -1.67. The number of nitrogens with zero attached hydrogens (tertiary/aromatic N) is 4. The summed E-state index contributed by atoms with van der Waals surface area (Å²) in [5.74, 6) is -0.170. The van der Waals surface area contributed by atoms with Gasteiger partial charge in [0.1, 0.15) is 0 Å². The molecule has 2 heterocycles. The summed E-state index contributed by atoms with van der Waals surface area (Å²) in [5, 5.41) is 15.3. The maximum absolute atomic E-state index is 12.6. The van der Waals surface area contributed by atoms with Gasteiger partial charge in [0.05, 0.1) is 11.4 Å². The standard InChI is InChI=1S/C18H25ClN6O.ClH/c1-2-4-16-17(18(26)21-9-12-24-10-7-20-8-11-24)22-23-25(16)15-6-3-5-14(19)13-15;/h3,5-6,13,20H,2,4,7-12H2,1H3,(H,21,26);1H. The molecule has 7 nitrogen and oxygen atoms in total. The van der Waals surface area contributed by atoms with Crippen LogP contribution in [-0.4, -0.2) is 65.1 Å². The minimum atomic E-state index is -0.170. The van der Waals surface area contributed by atoms with E-state index in [4.69, 9.17) is 11.6 Å². The van der Waals surface area contributed by atoms with Crippen LogP contribution in [0.2, 0.25) is 5.02 Å². The van der Waals surface area contributed by atoms with E-state index >= 15 is 0 Å². The lowest BCUT2D eigenvalue weighted by atomic mass is 10.2. The molecule has 1 aromatic heterocycles. The van der Waals surface area contributed by atoms with Gasteiger partial charge in [-0.15, -0.1) is 17.5 Å². The molecule has 0 aliphatic carbocycles. The molecule has 9 heteroatoms. The largest absolute Gasteiger partial charge is 0.349 e. The molecular formula is C18H26Cl2N6O. The summed E-state index contributed by atoms with van der Waals surface area (Å²) in [5.41, 5.74) is 2.02. The maximum atomic E-state index is 12.6. The molecule has 27 heavy (non-hydrogen) atoms. The van der Waals surface area contributed by atoms with Crippen LogP contribution in [0.3, 0.4) is 0 Å². The Balaban J connectivity index is 0.00000261. The van der Waals surface area contributed by atoms with Crippen molar-refractivity contribution in [1.82, 2.24) is 30.5 Å². The van der Waals surface area contributed by atoms with E-state index in [-0.39, 0.29) is 18.3 Å². The molecule has 1 aliphatic heterocycles. The Morgan fingerprint density at radius 3 is 2.81 bits per heavy atom. The first-order chi connectivity index (χ1) is 12.7. The smallest absolute Gasteiger partial charge is 0.273 e. The number of piperazine rings is 1. The molecular weight excluding hydrogens is 387 g/mol. The fourth-order valence-corrected chi connectivity index (χ4v) is 3.28. The molecule has 3 rings (SSSR count). The van der Waals surface area contributed by atoms with Crippen LogP contribution >= 0.6 is 24.0 Å². The SMILES string of the molecule is CCCc1c(C(=O)NCCN2CCNCC2)nnn1-c1cccc(Cl)c1.Cl. The molecule has 2 aromatic rings. The molecule has 0 unspecified atom stereocenters. The monoisotopic (exact) mass is 412 g/mol. The van der Waals surface area contributed by atoms with Crippen LogP contribution in [0, 0.1) is 0 Å². The average molecular weight is 413 g/mol. The summed E-state index contributed by atoms with van der Waals surface area (Å²) in [6.45, 7) is 7.56. The van der Waals surface area contributed by atoms with Gasteiger partial charge >= 0.3 is 0 Å². The van der Waals surface area contributed by atoms with Gasteiger partial charge in [0, 0.05) is 44.3 Å². The topological polar surface area (TPSA) is 75.1 Å². The number of halogens is 2. The highest BCUT2D eigenvalue weighted by molar-refractivity contribution is 6.30. The summed E-state index contributed by atoms with van der Waals surface area (Å²) in [4.78, 5) is 14.9. The second kappa shape index (κ2) is 10.6. The molecule has 1 saturated heterocycles. The number of hydrogen-bond donors (Lipinski definition) is 2. The summed E-state index contributed by atoms with van der Waals surface area (Å²) in [6.07, 6.45) is 1.62. The highest BCUT2D eigenvalue weighted by Crippen LogP contribution is 2.18. The van der Waals surface area contributed by atoms with Crippen LogP contribution in [0.1, 0.15) is 29.5 Å². The van der Waals surface area contributed by atoms with Crippen molar-refractivity contribution in [2.24, 2.45) is 0 Å². The first-order valence-corrected chi connectivity index (χ1v) is 9.48. The molecule has 0 spiro atoms. The quantitative estimate of drug-likeness (QED) is 0.726. The molecule has 1 amide bonds. The molecule has 1 aliphatic rings. The first-order valence-electron chi connectivity index (χ1n) is 9.11. The average Bonchev–Trinajstić information content (AvgIpc) is 3.07. The summed E-state index contributed by atoms with van der Waals surface area (Å²) in [7, 11) is 0. The van der Waals surface area contributed by atoms with Crippen molar-refractivity contribution < 1.29 is 4.79 Å². The number of nitrogens with one attached hydrogen (secondary N) is 2. The fourth-order valence-electron chi connectivity index (χ4n) is 3.10. The lowest BCUT2D eigenvalue weighted by Gasteiger charge is -2.27. The van der Waals surface area contributed by atoms with Crippen molar-refractivity contribution in [2.45, 2.75) is 19.8 Å². The van der Waals surface area contributed by atoms with Crippen molar-refractivity contribution in [3.63, 3.8) is 0 Å². The second-order valence-corrected chi connectivity index (χ2v) is 6.81. The Labute approximate surface area is 170 Å². The number of rotatable bonds is 7. The fraction of sp³-hybridized carbons (Fsp3) is 0.500. The number of amides is 1. The zero-order chi connectivity index (χ0) is 18.4. The van der Waals surface area contributed by atoms with E-state index in [2.05, 4.69) is 32.8 Å². The zero-order valence-electron chi connectivity index (χ0n) is 15.4. The van der Waals surface area contributed by atoms with Crippen molar-refractivity contribution in [3.8, 4) is 5.69 Å². The van der Waals surface area contributed by atoms with Gasteiger partial charge < -0.3 is 10.6 Å². The predicted octanol–water partition coefficient (Wildman–Crippen LogP) is 1.93. The van der Waals surface area contributed by atoms with Gasteiger partial charge in [0.2, 0.25) is 0 Å². The predicted molar refractivity (Wildman–Crippen MR) is 109 cm³/mol. The molecule has 1 fully saturated rings. The van der Waals surface area contributed by atoms with Crippen LogP contribution in [0.5, 0.6) is 0 Å². The third-order valence-electron chi connectivity index (χ3n) is 4.44. The van der Waals surface area contributed by atoms with Crippen LogP contribution in [-0.2, 0) is 6.42 Å². The van der Waals surface area contributed by atoms with E-state index in [1.165, 1.54) is 0 Å². The van der Waals surface area contributed by atoms with Gasteiger partial charge in [-0.25, -0.2) is 4.68 Å². The van der Waals surface area contributed by atoms with Gasteiger partial charge in [-0.1, -0.05) is 36.2 Å². The van der Waals surface area contributed by atoms with Crippen LogP contribution in [0.25, 0.3) is 5.69 Å². The van der Waals surface area contributed by atoms with Crippen LogP contribution < -0.4 is 10.6 Å². The second-order valence-electron chi connectivity index (χ2n) is 6.37. The lowest BCUT2D eigenvalue weighted by Crippen LogP contribution is -2.46.